The maximum atomic E-state index is 12.4. The largest absolute Gasteiger partial charge is 0.337 e. The van der Waals surface area contributed by atoms with E-state index in [4.69, 9.17) is 10.7 Å². The van der Waals surface area contributed by atoms with Gasteiger partial charge >= 0.3 is 0 Å². The van der Waals surface area contributed by atoms with Gasteiger partial charge in [0.25, 0.3) is 15.0 Å². The molecule has 0 unspecified atom stereocenters. The standard InChI is InChI=1S/C12H16ClN3O3S/c13-20(18,19)11-9(8-4-5-8)14-15-10(11)12(17)16-6-2-1-3-7-16/h8H,1-7H2,(H,14,15). The summed E-state index contributed by atoms with van der Waals surface area (Å²) in [6.07, 6.45) is 4.78. The first-order chi connectivity index (χ1) is 9.48. The van der Waals surface area contributed by atoms with Gasteiger partial charge in [0.2, 0.25) is 0 Å². The molecule has 2 fully saturated rings. The molecular weight excluding hydrogens is 302 g/mol. The normalized spacial score (nSPS) is 20.1. The van der Waals surface area contributed by atoms with Crippen molar-refractivity contribution in [2.24, 2.45) is 0 Å². The van der Waals surface area contributed by atoms with Crippen LogP contribution in [0.15, 0.2) is 4.90 Å². The minimum Gasteiger partial charge on any atom is -0.337 e. The Hall–Kier alpha value is -1.08. The molecule has 2 aliphatic rings. The lowest BCUT2D eigenvalue weighted by molar-refractivity contribution is 0.0714. The second-order valence-electron chi connectivity index (χ2n) is 5.38. The summed E-state index contributed by atoms with van der Waals surface area (Å²) in [4.78, 5) is 14.0. The molecule has 0 bridgehead atoms. The van der Waals surface area contributed by atoms with Crippen LogP contribution in [-0.2, 0) is 9.05 Å². The highest BCUT2D eigenvalue weighted by Gasteiger charge is 2.37. The van der Waals surface area contributed by atoms with Gasteiger partial charge in [0.05, 0.1) is 5.69 Å². The van der Waals surface area contributed by atoms with E-state index in [1.54, 1.807) is 4.90 Å². The van der Waals surface area contributed by atoms with Crippen molar-refractivity contribution in [2.75, 3.05) is 13.1 Å². The van der Waals surface area contributed by atoms with Gasteiger partial charge < -0.3 is 4.90 Å². The predicted molar refractivity (Wildman–Crippen MR) is 73.4 cm³/mol. The second kappa shape index (κ2) is 5.04. The summed E-state index contributed by atoms with van der Waals surface area (Å²) >= 11 is 0. The van der Waals surface area contributed by atoms with E-state index in [0.29, 0.717) is 18.8 Å². The molecular formula is C12H16ClN3O3S. The van der Waals surface area contributed by atoms with Gasteiger partial charge in [-0.05, 0) is 32.1 Å². The highest BCUT2D eigenvalue weighted by atomic mass is 35.7. The molecule has 3 rings (SSSR count). The first-order valence-corrected chi connectivity index (χ1v) is 9.11. The van der Waals surface area contributed by atoms with Gasteiger partial charge in [0.1, 0.15) is 4.90 Å². The average molecular weight is 318 g/mol. The summed E-state index contributed by atoms with van der Waals surface area (Å²) in [5.74, 6) is -0.207. The lowest BCUT2D eigenvalue weighted by Crippen LogP contribution is -2.36. The molecule has 0 spiro atoms. The van der Waals surface area contributed by atoms with Crippen LogP contribution in [0.5, 0.6) is 0 Å². The zero-order chi connectivity index (χ0) is 14.3. The Kier molecular flexibility index (Phi) is 3.50. The van der Waals surface area contributed by atoms with Crippen LogP contribution in [0.3, 0.4) is 0 Å². The van der Waals surface area contributed by atoms with Crippen molar-refractivity contribution in [1.29, 1.82) is 0 Å². The summed E-state index contributed by atoms with van der Waals surface area (Å²) < 4.78 is 23.6. The number of amides is 1. The number of halogens is 1. The average Bonchev–Trinajstić information content (AvgIpc) is 3.16. The van der Waals surface area contributed by atoms with Crippen molar-refractivity contribution < 1.29 is 13.2 Å². The topological polar surface area (TPSA) is 83.1 Å². The number of hydrogen-bond acceptors (Lipinski definition) is 4. The fourth-order valence-electron chi connectivity index (χ4n) is 2.63. The summed E-state index contributed by atoms with van der Waals surface area (Å²) in [5.41, 5.74) is 0.434. The minimum atomic E-state index is -3.98. The Morgan fingerprint density at radius 3 is 2.45 bits per heavy atom. The number of aromatic nitrogens is 2. The number of nitrogens with zero attached hydrogens (tertiary/aromatic N) is 2. The minimum absolute atomic E-state index is 0.0520. The highest BCUT2D eigenvalue weighted by Crippen LogP contribution is 2.43. The van der Waals surface area contributed by atoms with E-state index < -0.39 is 9.05 Å². The third-order valence-electron chi connectivity index (χ3n) is 3.82. The number of aromatic amines is 1. The Morgan fingerprint density at radius 2 is 1.90 bits per heavy atom. The van der Waals surface area contributed by atoms with Crippen LogP contribution >= 0.6 is 10.7 Å². The van der Waals surface area contributed by atoms with Gasteiger partial charge in [0, 0.05) is 29.7 Å². The Morgan fingerprint density at radius 1 is 1.25 bits per heavy atom. The van der Waals surface area contributed by atoms with Crippen molar-refractivity contribution in [1.82, 2.24) is 15.1 Å². The number of nitrogens with one attached hydrogen (secondary N) is 1. The highest BCUT2D eigenvalue weighted by molar-refractivity contribution is 8.13. The zero-order valence-electron chi connectivity index (χ0n) is 10.9. The fourth-order valence-corrected chi connectivity index (χ4v) is 3.94. The van der Waals surface area contributed by atoms with Gasteiger partial charge in [-0.15, -0.1) is 0 Å². The third kappa shape index (κ3) is 2.56. The molecule has 1 amide bonds. The number of carbonyl (C=O) groups excluding carboxylic acids is 1. The molecule has 1 aliphatic carbocycles. The third-order valence-corrected chi connectivity index (χ3v) is 5.19. The van der Waals surface area contributed by atoms with Crippen LogP contribution in [0.2, 0.25) is 0 Å². The molecule has 6 nitrogen and oxygen atoms in total. The van der Waals surface area contributed by atoms with Crippen LogP contribution < -0.4 is 0 Å². The number of carbonyl (C=O) groups is 1. The molecule has 1 aliphatic heterocycles. The van der Waals surface area contributed by atoms with Crippen LogP contribution in [-0.4, -0.2) is 42.5 Å². The molecule has 0 radical (unpaired) electrons. The van der Waals surface area contributed by atoms with Crippen LogP contribution in [0.4, 0.5) is 0 Å². The maximum absolute atomic E-state index is 12.4. The molecule has 20 heavy (non-hydrogen) atoms. The van der Waals surface area contributed by atoms with Gasteiger partial charge in [-0.1, -0.05) is 0 Å². The van der Waals surface area contributed by atoms with Gasteiger partial charge in [-0.3, -0.25) is 9.89 Å². The van der Waals surface area contributed by atoms with E-state index in [2.05, 4.69) is 10.2 Å². The lowest BCUT2D eigenvalue weighted by atomic mass is 10.1. The second-order valence-corrected chi connectivity index (χ2v) is 7.88. The summed E-state index contributed by atoms with van der Waals surface area (Å²) in [6, 6.07) is 0. The number of likely N-dealkylation sites (tertiary alicyclic amines) is 1. The molecule has 1 N–H and O–H groups in total. The van der Waals surface area contributed by atoms with E-state index >= 15 is 0 Å². The lowest BCUT2D eigenvalue weighted by Gasteiger charge is -2.26. The van der Waals surface area contributed by atoms with E-state index in [-0.39, 0.29) is 22.4 Å². The first-order valence-electron chi connectivity index (χ1n) is 6.80. The number of piperidine rings is 1. The molecule has 1 aromatic heterocycles. The van der Waals surface area contributed by atoms with E-state index in [1.807, 2.05) is 0 Å². The van der Waals surface area contributed by atoms with E-state index in [9.17, 15) is 13.2 Å². The Bertz CT molecular complexity index is 630. The molecule has 110 valence electrons. The van der Waals surface area contributed by atoms with Crippen molar-refractivity contribution in [3.05, 3.63) is 11.4 Å². The van der Waals surface area contributed by atoms with Crippen molar-refractivity contribution in [3.8, 4) is 0 Å². The van der Waals surface area contributed by atoms with Crippen LogP contribution in [0.1, 0.15) is 54.2 Å². The van der Waals surface area contributed by atoms with Gasteiger partial charge in [-0.25, -0.2) is 8.42 Å². The van der Waals surface area contributed by atoms with Crippen molar-refractivity contribution >= 4 is 25.6 Å². The molecule has 0 atom stereocenters. The van der Waals surface area contributed by atoms with Crippen LogP contribution in [0.25, 0.3) is 0 Å². The maximum Gasteiger partial charge on any atom is 0.275 e. The monoisotopic (exact) mass is 317 g/mol. The van der Waals surface area contributed by atoms with Gasteiger partial charge in [0.15, 0.2) is 5.69 Å². The van der Waals surface area contributed by atoms with E-state index in [1.165, 1.54) is 0 Å². The number of hydrogen-bond donors (Lipinski definition) is 1. The first kappa shape index (κ1) is 13.9. The summed E-state index contributed by atoms with van der Waals surface area (Å²) in [6.45, 7) is 1.29. The molecule has 1 aromatic rings. The predicted octanol–water partition coefficient (Wildman–Crippen LogP) is 1.84. The summed E-state index contributed by atoms with van der Waals surface area (Å²) in [5, 5.41) is 6.64. The number of H-pyrrole nitrogens is 1. The SMILES string of the molecule is O=C(c1n[nH]c(C2CC2)c1S(=O)(=O)Cl)N1CCCCC1. The number of rotatable bonds is 3. The fraction of sp³-hybridized carbons (Fsp3) is 0.667. The molecule has 1 saturated heterocycles. The van der Waals surface area contributed by atoms with Crippen molar-refractivity contribution in [2.45, 2.75) is 42.9 Å². The van der Waals surface area contributed by atoms with Crippen molar-refractivity contribution in [3.63, 3.8) is 0 Å². The van der Waals surface area contributed by atoms with E-state index in [0.717, 1.165) is 32.1 Å². The summed E-state index contributed by atoms with van der Waals surface area (Å²) in [7, 11) is 1.53. The zero-order valence-corrected chi connectivity index (χ0v) is 12.5. The van der Waals surface area contributed by atoms with Gasteiger partial charge in [-0.2, -0.15) is 5.10 Å². The smallest absolute Gasteiger partial charge is 0.275 e. The molecule has 8 heteroatoms. The molecule has 2 heterocycles. The Balaban J connectivity index is 1.98. The molecule has 0 aromatic carbocycles. The quantitative estimate of drug-likeness (QED) is 0.862. The molecule has 1 saturated carbocycles. The van der Waals surface area contributed by atoms with Crippen LogP contribution in [0, 0.1) is 0 Å². The Labute approximate surface area is 121 Å².